The Bertz CT molecular complexity index is 695. The molecule has 0 bridgehead atoms. The summed E-state index contributed by atoms with van der Waals surface area (Å²) in [6.07, 6.45) is 1.61. The predicted molar refractivity (Wildman–Crippen MR) is 94.5 cm³/mol. The van der Waals surface area contributed by atoms with Crippen molar-refractivity contribution < 1.29 is 14.5 Å². The fourth-order valence-electron chi connectivity index (χ4n) is 2.98. The lowest BCUT2D eigenvalue weighted by molar-refractivity contribution is -0.902. The number of nitrogens with one attached hydrogen (secondary N) is 2. The van der Waals surface area contributed by atoms with E-state index in [4.69, 9.17) is 0 Å². The largest absolute Gasteiger partial charge is 0.345 e. The van der Waals surface area contributed by atoms with E-state index in [2.05, 4.69) is 10.3 Å². The zero-order chi connectivity index (χ0) is 17.5. The minimum absolute atomic E-state index is 0.100. The van der Waals surface area contributed by atoms with Gasteiger partial charge in [-0.1, -0.05) is 24.3 Å². The number of aromatic nitrogens is 1. The second-order valence-electron chi connectivity index (χ2n) is 6.13. The minimum Gasteiger partial charge on any atom is -0.345 e. The maximum atomic E-state index is 12.4. The first-order chi connectivity index (χ1) is 12.2. The number of carbonyl (C=O) groups excluding carboxylic acids is 2. The van der Waals surface area contributed by atoms with Crippen LogP contribution in [-0.4, -0.2) is 61.0 Å². The van der Waals surface area contributed by atoms with Gasteiger partial charge in [0, 0.05) is 11.8 Å². The normalized spacial score (nSPS) is 15.0. The molecule has 1 aromatic carbocycles. The monoisotopic (exact) mass is 339 g/mol. The number of benzene rings is 1. The third kappa shape index (κ3) is 4.64. The van der Waals surface area contributed by atoms with Crippen molar-refractivity contribution in [3.05, 3.63) is 66.0 Å². The van der Waals surface area contributed by atoms with Crippen LogP contribution in [0.5, 0.6) is 0 Å². The fourth-order valence-corrected chi connectivity index (χ4v) is 2.98. The van der Waals surface area contributed by atoms with Gasteiger partial charge in [-0.05, 0) is 24.3 Å². The standard InChI is InChI=1S/C19H22N4O2/c24-18(17-8-4-5-9-20-17)21-10-11-22-12-14-23(15-13-22)19(25)16-6-2-1-3-7-16/h1-9H,10-15H2,(H,21,24)/p+1. The average molecular weight is 339 g/mol. The summed E-state index contributed by atoms with van der Waals surface area (Å²) in [4.78, 5) is 31.7. The van der Waals surface area contributed by atoms with Gasteiger partial charge in [0.15, 0.2) is 0 Å². The second-order valence-corrected chi connectivity index (χ2v) is 6.13. The lowest BCUT2D eigenvalue weighted by Crippen LogP contribution is -3.15. The molecule has 1 aromatic heterocycles. The van der Waals surface area contributed by atoms with Crippen molar-refractivity contribution in [2.45, 2.75) is 0 Å². The minimum atomic E-state index is -0.141. The molecule has 0 radical (unpaired) electrons. The lowest BCUT2D eigenvalue weighted by atomic mass is 10.2. The predicted octanol–water partition coefficient (Wildman–Crippen LogP) is -0.148. The maximum Gasteiger partial charge on any atom is 0.270 e. The molecule has 6 heteroatoms. The van der Waals surface area contributed by atoms with Crippen molar-refractivity contribution in [1.29, 1.82) is 0 Å². The Balaban J connectivity index is 1.39. The molecule has 25 heavy (non-hydrogen) atoms. The third-order valence-electron chi connectivity index (χ3n) is 4.44. The van der Waals surface area contributed by atoms with Crippen LogP contribution in [0.4, 0.5) is 0 Å². The highest BCUT2D eigenvalue weighted by Crippen LogP contribution is 2.04. The van der Waals surface area contributed by atoms with Crippen LogP contribution in [0.15, 0.2) is 54.7 Å². The van der Waals surface area contributed by atoms with E-state index in [-0.39, 0.29) is 11.8 Å². The number of rotatable bonds is 5. The van der Waals surface area contributed by atoms with E-state index in [1.807, 2.05) is 35.2 Å². The molecule has 1 aliphatic heterocycles. The van der Waals surface area contributed by atoms with Crippen molar-refractivity contribution in [3.63, 3.8) is 0 Å². The molecular formula is C19H23N4O2+. The van der Waals surface area contributed by atoms with Crippen LogP contribution < -0.4 is 10.2 Å². The van der Waals surface area contributed by atoms with Gasteiger partial charge in [0.2, 0.25) is 0 Å². The number of nitrogens with zero attached hydrogens (tertiary/aromatic N) is 2. The van der Waals surface area contributed by atoms with Gasteiger partial charge in [-0.15, -0.1) is 0 Å². The topological polar surface area (TPSA) is 66.7 Å². The first kappa shape index (κ1) is 17.1. The molecule has 2 aromatic rings. The van der Waals surface area contributed by atoms with Gasteiger partial charge in [-0.25, -0.2) is 0 Å². The first-order valence-electron chi connectivity index (χ1n) is 8.61. The lowest BCUT2D eigenvalue weighted by Gasteiger charge is -2.32. The molecule has 0 saturated carbocycles. The van der Waals surface area contributed by atoms with E-state index >= 15 is 0 Å². The molecule has 130 valence electrons. The quantitative estimate of drug-likeness (QED) is 0.796. The Morgan fingerprint density at radius 3 is 2.44 bits per heavy atom. The molecule has 0 unspecified atom stereocenters. The summed E-state index contributed by atoms with van der Waals surface area (Å²) in [7, 11) is 0. The van der Waals surface area contributed by atoms with Gasteiger partial charge in [0.05, 0.1) is 39.3 Å². The molecule has 0 aliphatic carbocycles. The molecule has 1 aliphatic rings. The first-order valence-corrected chi connectivity index (χ1v) is 8.61. The van der Waals surface area contributed by atoms with Gasteiger partial charge in [-0.3, -0.25) is 14.6 Å². The highest BCUT2D eigenvalue weighted by atomic mass is 16.2. The van der Waals surface area contributed by atoms with Gasteiger partial charge < -0.3 is 15.1 Å². The van der Waals surface area contributed by atoms with E-state index in [1.165, 1.54) is 4.90 Å². The zero-order valence-corrected chi connectivity index (χ0v) is 14.1. The molecule has 3 rings (SSSR count). The number of hydrogen-bond donors (Lipinski definition) is 2. The van der Waals surface area contributed by atoms with Crippen LogP contribution in [0, 0.1) is 0 Å². The Hall–Kier alpha value is -2.73. The number of hydrogen-bond acceptors (Lipinski definition) is 3. The summed E-state index contributed by atoms with van der Waals surface area (Å²) in [6, 6.07) is 14.7. The summed E-state index contributed by atoms with van der Waals surface area (Å²) in [6.45, 7) is 4.76. The Kier molecular flexibility index (Phi) is 5.74. The highest BCUT2D eigenvalue weighted by molar-refractivity contribution is 5.94. The summed E-state index contributed by atoms with van der Waals surface area (Å²) >= 11 is 0. The van der Waals surface area contributed by atoms with E-state index in [1.54, 1.807) is 24.4 Å². The van der Waals surface area contributed by atoms with E-state index in [0.29, 0.717) is 12.2 Å². The number of amides is 2. The number of piperazine rings is 1. The van der Waals surface area contributed by atoms with Crippen LogP contribution in [0.3, 0.4) is 0 Å². The molecule has 6 nitrogen and oxygen atoms in total. The zero-order valence-electron chi connectivity index (χ0n) is 14.1. The van der Waals surface area contributed by atoms with Crippen molar-refractivity contribution in [3.8, 4) is 0 Å². The summed E-state index contributed by atoms with van der Waals surface area (Å²) < 4.78 is 0. The van der Waals surface area contributed by atoms with Crippen LogP contribution >= 0.6 is 0 Å². The van der Waals surface area contributed by atoms with E-state index in [9.17, 15) is 9.59 Å². The number of pyridine rings is 1. The molecule has 0 spiro atoms. The van der Waals surface area contributed by atoms with E-state index in [0.717, 1.165) is 38.3 Å². The van der Waals surface area contributed by atoms with E-state index < -0.39 is 0 Å². The average Bonchev–Trinajstić information content (AvgIpc) is 2.69. The van der Waals surface area contributed by atoms with Crippen molar-refractivity contribution >= 4 is 11.8 Å². The van der Waals surface area contributed by atoms with Gasteiger partial charge in [-0.2, -0.15) is 0 Å². The Morgan fingerprint density at radius 2 is 1.76 bits per heavy atom. The van der Waals surface area contributed by atoms with Crippen molar-refractivity contribution in [1.82, 2.24) is 15.2 Å². The van der Waals surface area contributed by atoms with Gasteiger partial charge >= 0.3 is 0 Å². The molecule has 2 amide bonds. The third-order valence-corrected chi connectivity index (χ3v) is 4.44. The van der Waals surface area contributed by atoms with Crippen LogP contribution in [-0.2, 0) is 0 Å². The molecule has 0 atom stereocenters. The Morgan fingerprint density at radius 1 is 1.04 bits per heavy atom. The molecule has 1 fully saturated rings. The number of quaternary nitrogens is 1. The molecule has 1 saturated heterocycles. The summed E-state index contributed by atoms with van der Waals surface area (Å²) in [5.74, 6) is -0.0407. The SMILES string of the molecule is O=C(NCC[NH+]1CCN(C(=O)c2ccccc2)CC1)c1ccccn1. The van der Waals surface area contributed by atoms with Gasteiger partial charge in [0.1, 0.15) is 5.69 Å². The summed E-state index contributed by atoms with van der Waals surface area (Å²) in [5.41, 5.74) is 1.18. The molecular weight excluding hydrogens is 316 g/mol. The fraction of sp³-hybridized carbons (Fsp3) is 0.316. The summed E-state index contributed by atoms with van der Waals surface area (Å²) in [5, 5.41) is 2.90. The Labute approximate surface area is 147 Å². The smallest absolute Gasteiger partial charge is 0.270 e. The maximum absolute atomic E-state index is 12.4. The molecule has 2 heterocycles. The van der Waals surface area contributed by atoms with Gasteiger partial charge in [0.25, 0.3) is 11.8 Å². The highest BCUT2D eigenvalue weighted by Gasteiger charge is 2.24. The second kappa shape index (κ2) is 8.39. The molecule has 2 N–H and O–H groups in total. The number of carbonyl (C=O) groups is 2. The van der Waals surface area contributed by atoms with Crippen LogP contribution in [0.25, 0.3) is 0 Å². The van der Waals surface area contributed by atoms with Crippen molar-refractivity contribution in [2.75, 3.05) is 39.3 Å². The van der Waals surface area contributed by atoms with Crippen LogP contribution in [0.1, 0.15) is 20.8 Å². The van der Waals surface area contributed by atoms with Crippen molar-refractivity contribution in [2.24, 2.45) is 0 Å². The van der Waals surface area contributed by atoms with Crippen LogP contribution in [0.2, 0.25) is 0 Å².